The number of para-hydroxylation sites is 1. The Balaban J connectivity index is 1.54. The first-order chi connectivity index (χ1) is 15.1. The van der Waals surface area contributed by atoms with Crippen molar-refractivity contribution in [1.29, 1.82) is 0 Å². The van der Waals surface area contributed by atoms with Crippen molar-refractivity contribution in [2.45, 2.75) is 11.8 Å². The number of rotatable bonds is 7. The first-order valence-corrected chi connectivity index (χ1v) is 10.8. The highest BCUT2D eigenvalue weighted by Crippen LogP contribution is 2.22. The largest absolute Gasteiger partial charge is 0.272 e. The third-order valence-corrected chi connectivity index (χ3v) is 5.59. The molecule has 0 aliphatic heterocycles. The van der Waals surface area contributed by atoms with Crippen LogP contribution in [0.5, 0.6) is 0 Å². The van der Waals surface area contributed by atoms with Crippen LogP contribution in [0.1, 0.15) is 5.56 Å². The van der Waals surface area contributed by atoms with Crippen LogP contribution >= 0.6 is 23.4 Å². The van der Waals surface area contributed by atoms with Gasteiger partial charge in [-0.3, -0.25) is 19.0 Å². The third-order valence-electron chi connectivity index (χ3n) is 4.41. The van der Waals surface area contributed by atoms with E-state index in [1.165, 1.54) is 4.57 Å². The summed E-state index contributed by atoms with van der Waals surface area (Å²) in [6.07, 6.45) is 0. The topological polar surface area (TPSA) is 73.2 Å². The van der Waals surface area contributed by atoms with Crippen LogP contribution in [-0.2, 0) is 16.2 Å². The number of aromatic nitrogens is 2. The van der Waals surface area contributed by atoms with Gasteiger partial charge in [0.25, 0.3) is 11.5 Å². The molecule has 1 N–H and O–H groups in total. The van der Waals surface area contributed by atoms with Gasteiger partial charge in [0, 0.05) is 5.02 Å². The fourth-order valence-electron chi connectivity index (χ4n) is 2.99. The number of carbonyl (C=O) groups excluding carboxylic acids is 1. The second kappa shape index (κ2) is 9.78. The van der Waals surface area contributed by atoms with Gasteiger partial charge < -0.3 is 0 Å². The Labute approximate surface area is 187 Å². The van der Waals surface area contributed by atoms with Crippen LogP contribution < -0.4 is 11.0 Å². The van der Waals surface area contributed by atoms with Crippen LogP contribution in [-0.4, -0.2) is 21.2 Å². The van der Waals surface area contributed by atoms with Crippen molar-refractivity contribution in [3.8, 4) is 5.69 Å². The molecule has 0 atom stereocenters. The van der Waals surface area contributed by atoms with E-state index in [0.717, 1.165) is 17.3 Å². The van der Waals surface area contributed by atoms with Gasteiger partial charge in [0.15, 0.2) is 5.16 Å². The zero-order chi connectivity index (χ0) is 21.6. The predicted octanol–water partition coefficient (Wildman–Crippen LogP) is 4.38. The second-order valence-electron chi connectivity index (χ2n) is 6.62. The smallest absolute Gasteiger partial charge is 0.266 e. The average molecular weight is 452 g/mol. The highest BCUT2D eigenvalue weighted by molar-refractivity contribution is 7.99. The van der Waals surface area contributed by atoms with Gasteiger partial charge in [0.05, 0.1) is 29.0 Å². The van der Waals surface area contributed by atoms with E-state index in [2.05, 4.69) is 10.5 Å². The maximum Gasteiger partial charge on any atom is 0.266 e. The fourth-order valence-corrected chi connectivity index (χ4v) is 3.97. The Morgan fingerprint density at radius 3 is 2.61 bits per heavy atom. The van der Waals surface area contributed by atoms with Crippen LogP contribution in [0.3, 0.4) is 0 Å². The minimum absolute atomic E-state index is 0.0279. The summed E-state index contributed by atoms with van der Waals surface area (Å²) < 4.78 is 1.47. The molecule has 1 amide bonds. The van der Waals surface area contributed by atoms with Gasteiger partial charge in [0.2, 0.25) is 0 Å². The molecule has 0 aliphatic carbocycles. The van der Waals surface area contributed by atoms with Gasteiger partial charge >= 0.3 is 0 Å². The first-order valence-electron chi connectivity index (χ1n) is 9.47. The molecule has 0 fully saturated rings. The first kappa shape index (κ1) is 21.1. The van der Waals surface area contributed by atoms with Gasteiger partial charge in [-0.1, -0.05) is 71.9 Å². The van der Waals surface area contributed by atoms with E-state index in [9.17, 15) is 9.59 Å². The normalized spacial score (nSPS) is 10.9. The summed E-state index contributed by atoms with van der Waals surface area (Å²) in [5.41, 5.74) is 4.29. The minimum atomic E-state index is -0.332. The molecule has 156 valence electrons. The van der Waals surface area contributed by atoms with E-state index in [0.29, 0.717) is 26.8 Å². The van der Waals surface area contributed by atoms with E-state index in [1.54, 1.807) is 42.5 Å². The number of thioether (sulfide) groups is 1. The zero-order valence-electron chi connectivity index (χ0n) is 16.3. The standard InChI is InChI=1S/C23H18ClN3O3S/c24-17-9-6-10-18(13-17)27-22(29)19-11-4-5-12-20(19)25-23(27)31-15-21(28)26-30-14-16-7-2-1-3-8-16/h1-13H,14-15H2,(H,26,28). The quantitative estimate of drug-likeness (QED) is 0.256. The number of amides is 1. The highest BCUT2D eigenvalue weighted by Gasteiger charge is 2.15. The lowest BCUT2D eigenvalue weighted by atomic mass is 10.2. The fraction of sp³-hybridized carbons (Fsp3) is 0.0870. The van der Waals surface area contributed by atoms with E-state index < -0.39 is 0 Å². The Hall–Kier alpha value is -3.13. The number of hydrogen-bond donors (Lipinski definition) is 1. The Kier molecular flexibility index (Phi) is 6.66. The molecule has 4 rings (SSSR count). The highest BCUT2D eigenvalue weighted by atomic mass is 35.5. The van der Waals surface area contributed by atoms with Crippen molar-refractivity contribution in [2.75, 3.05) is 5.75 Å². The van der Waals surface area contributed by atoms with Crippen molar-refractivity contribution < 1.29 is 9.63 Å². The number of benzene rings is 3. The molecule has 0 aliphatic rings. The Morgan fingerprint density at radius 2 is 1.81 bits per heavy atom. The Morgan fingerprint density at radius 1 is 1.03 bits per heavy atom. The molecule has 6 nitrogen and oxygen atoms in total. The van der Waals surface area contributed by atoms with E-state index in [-0.39, 0.29) is 23.8 Å². The number of halogens is 1. The number of hydroxylamine groups is 1. The number of carbonyl (C=O) groups is 1. The summed E-state index contributed by atoms with van der Waals surface area (Å²) in [7, 11) is 0. The summed E-state index contributed by atoms with van der Waals surface area (Å²) >= 11 is 7.28. The lowest BCUT2D eigenvalue weighted by molar-refractivity contribution is -0.131. The van der Waals surface area contributed by atoms with Crippen molar-refractivity contribution >= 4 is 40.2 Å². The molecule has 1 heterocycles. The monoisotopic (exact) mass is 451 g/mol. The van der Waals surface area contributed by atoms with Crippen molar-refractivity contribution in [3.63, 3.8) is 0 Å². The second-order valence-corrected chi connectivity index (χ2v) is 8.00. The molecule has 0 unspecified atom stereocenters. The van der Waals surface area contributed by atoms with Crippen LogP contribution in [0.4, 0.5) is 0 Å². The molecule has 0 radical (unpaired) electrons. The maximum atomic E-state index is 13.2. The van der Waals surface area contributed by atoms with Crippen molar-refractivity contribution in [1.82, 2.24) is 15.0 Å². The van der Waals surface area contributed by atoms with Crippen molar-refractivity contribution in [2.24, 2.45) is 0 Å². The average Bonchev–Trinajstić information content (AvgIpc) is 2.78. The predicted molar refractivity (Wildman–Crippen MR) is 122 cm³/mol. The number of hydrogen-bond acceptors (Lipinski definition) is 5. The molecule has 31 heavy (non-hydrogen) atoms. The summed E-state index contributed by atoms with van der Waals surface area (Å²) in [4.78, 5) is 35.3. The molecular weight excluding hydrogens is 434 g/mol. The molecule has 4 aromatic rings. The zero-order valence-corrected chi connectivity index (χ0v) is 17.9. The molecule has 0 bridgehead atoms. The molecule has 0 spiro atoms. The van der Waals surface area contributed by atoms with Gasteiger partial charge in [-0.05, 0) is 35.9 Å². The summed E-state index contributed by atoms with van der Waals surface area (Å²) in [6.45, 7) is 0.263. The molecule has 3 aromatic carbocycles. The summed E-state index contributed by atoms with van der Waals surface area (Å²) in [5, 5.41) is 1.38. The molecule has 0 saturated heterocycles. The van der Waals surface area contributed by atoms with E-state index in [4.69, 9.17) is 16.4 Å². The molecule has 0 saturated carbocycles. The number of fused-ring (bicyclic) bond motifs is 1. The van der Waals surface area contributed by atoms with Gasteiger partial charge in [0.1, 0.15) is 0 Å². The maximum absolute atomic E-state index is 13.2. The van der Waals surface area contributed by atoms with E-state index in [1.807, 2.05) is 36.4 Å². The van der Waals surface area contributed by atoms with Gasteiger partial charge in [-0.15, -0.1) is 0 Å². The lowest BCUT2D eigenvalue weighted by Gasteiger charge is -2.13. The molecule has 1 aromatic heterocycles. The van der Waals surface area contributed by atoms with Crippen LogP contribution in [0.15, 0.2) is 88.8 Å². The Bertz CT molecular complexity index is 1280. The van der Waals surface area contributed by atoms with Crippen molar-refractivity contribution in [3.05, 3.63) is 99.8 Å². The van der Waals surface area contributed by atoms with Gasteiger partial charge in [-0.2, -0.15) is 0 Å². The van der Waals surface area contributed by atoms with E-state index >= 15 is 0 Å². The van der Waals surface area contributed by atoms with Gasteiger partial charge in [-0.25, -0.2) is 10.5 Å². The third kappa shape index (κ3) is 5.14. The lowest BCUT2D eigenvalue weighted by Crippen LogP contribution is -2.26. The minimum Gasteiger partial charge on any atom is -0.272 e. The summed E-state index contributed by atoms with van der Waals surface area (Å²) in [6, 6.07) is 23.6. The molecule has 8 heteroatoms. The van der Waals surface area contributed by atoms with Crippen LogP contribution in [0, 0.1) is 0 Å². The SMILES string of the molecule is O=C(CSc1nc2ccccc2c(=O)n1-c1cccc(Cl)c1)NOCc1ccccc1. The van der Waals surface area contributed by atoms with Crippen LogP contribution in [0.25, 0.3) is 16.6 Å². The number of nitrogens with one attached hydrogen (secondary N) is 1. The van der Waals surface area contributed by atoms with Crippen LogP contribution in [0.2, 0.25) is 5.02 Å². The molecular formula is C23H18ClN3O3S. The number of nitrogens with zero attached hydrogens (tertiary/aromatic N) is 2. The summed E-state index contributed by atoms with van der Waals surface area (Å²) in [5.74, 6) is -0.305.